The van der Waals surface area contributed by atoms with E-state index in [1.807, 2.05) is 0 Å². The molecule has 3 nitrogen and oxygen atoms in total. The summed E-state index contributed by atoms with van der Waals surface area (Å²) in [6.45, 7) is 12.7. The monoisotopic (exact) mass is 459 g/mol. The van der Waals surface area contributed by atoms with E-state index < -0.39 is 0 Å². The Morgan fingerprint density at radius 2 is 1.85 bits per heavy atom. The van der Waals surface area contributed by atoms with Crippen molar-refractivity contribution in [2.75, 3.05) is 26.4 Å². The number of allylic oxidation sites excluding steroid dienone is 1. The highest BCUT2D eigenvalue weighted by Gasteiger charge is 2.58. The predicted octanol–water partition coefficient (Wildman–Crippen LogP) is 7.14. The van der Waals surface area contributed by atoms with Crippen molar-refractivity contribution in [3.8, 4) is 0 Å². The Kier molecular flexibility index (Phi) is 8.67. The van der Waals surface area contributed by atoms with Crippen LogP contribution < -0.4 is 5.73 Å². The lowest BCUT2D eigenvalue weighted by molar-refractivity contribution is -0.0632. The summed E-state index contributed by atoms with van der Waals surface area (Å²) in [7, 11) is 0. The van der Waals surface area contributed by atoms with Gasteiger partial charge in [0.1, 0.15) is 0 Å². The number of rotatable bonds is 11. The Balaban J connectivity index is 1.34. The summed E-state index contributed by atoms with van der Waals surface area (Å²) in [5.41, 5.74) is 8.28. The zero-order chi connectivity index (χ0) is 23.5. The molecular weight excluding hydrogens is 406 g/mol. The molecule has 190 valence electrons. The van der Waals surface area contributed by atoms with Gasteiger partial charge in [0.15, 0.2) is 0 Å². The average Bonchev–Trinajstić information content (AvgIpc) is 3.13. The summed E-state index contributed by atoms with van der Waals surface area (Å²) in [4.78, 5) is 0. The first-order valence-electron chi connectivity index (χ1n) is 14.5. The van der Waals surface area contributed by atoms with Crippen LogP contribution in [0.4, 0.5) is 0 Å². The first-order chi connectivity index (χ1) is 15.9. The lowest BCUT2D eigenvalue weighted by Crippen LogP contribution is -2.50. The van der Waals surface area contributed by atoms with Crippen LogP contribution in [0.3, 0.4) is 0 Å². The molecule has 7 atom stereocenters. The van der Waals surface area contributed by atoms with Gasteiger partial charge in [-0.25, -0.2) is 0 Å². The van der Waals surface area contributed by atoms with E-state index in [1.54, 1.807) is 5.57 Å². The summed E-state index contributed by atoms with van der Waals surface area (Å²) in [6, 6.07) is 0. The van der Waals surface area contributed by atoms with Crippen LogP contribution in [0.15, 0.2) is 11.6 Å². The van der Waals surface area contributed by atoms with Crippen molar-refractivity contribution in [3.63, 3.8) is 0 Å². The molecule has 0 aromatic carbocycles. The van der Waals surface area contributed by atoms with Gasteiger partial charge in [-0.3, -0.25) is 0 Å². The largest absolute Gasteiger partial charge is 0.378 e. The van der Waals surface area contributed by atoms with Crippen LogP contribution in [0, 0.1) is 40.4 Å². The molecule has 4 rings (SSSR count). The van der Waals surface area contributed by atoms with Crippen LogP contribution in [0.2, 0.25) is 0 Å². The summed E-state index contributed by atoms with van der Waals surface area (Å²) < 4.78 is 11.7. The van der Waals surface area contributed by atoms with E-state index in [4.69, 9.17) is 15.2 Å². The first-order valence-corrected chi connectivity index (χ1v) is 14.5. The van der Waals surface area contributed by atoms with E-state index >= 15 is 0 Å². The van der Waals surface area contributed by atoms with Gasteiger partial charge in [0, 0.05) is 6.54 Å². The highest BCUT2D eigenvalue weighted by molar-refractivity contribution is 5.25. The summed E-state index contributed by atoms with van der Waals surface area (Å²) >= 11 is 0. The summed E-state index contributed by atoms with van der Waals surface area (Å²) in [5, 5.41) is 0. The molecule has 0 aromatic rings. The normalized spacial score (nSPS) is 40.3. The molecule has 3 saturated carbocycles. The van der Waals surface area contributed by atoms with Crippen LogP contribution in [0.1, 0.15) is 105 Å². The van der Waals surface area contributed by atoms with Crippen LogP contribution in [0.25, 0.3) is 0 Å². The number of nitrogens with two attached hydrogens (primary N) is 1. The van der Waals surface area contributed by atoms with E-state index in [0.29, 0.717) is 43.3 Å². The summed E-state index contributed by atoms with van der Waals surface area (Å²) in [6.07, 6.45) is 19.8. The molecule has 4 aliphatic rings. The molecule has 0 aromatic heterocycles. The number of ether oxygens (including phenoxy) is 2. The highest BCUT2D eigenvalue weighted by atomic mass is 16.5. The molecule has 4 aliphatic carbocycles. The van der Waals surface area contributed by atoms with Crippen molar-refractivity contribution in [2.45, 2.75) is 111 Å². The van der Waals surface area contributed by atoms with Gasteiger partial charge in [0.25, 0.3) is 0 Å². The number of unbranched alkanes of at least 4 members (excludes halogenated alkanes) is 1. The maximum atomic E-state index is 6.21. The van der Waals surface area contributed by atoms with Gasteiger partial charge >= 0.3 is 0 Å². The van der Waals surface area contributed by atoms with Crippen molar-refractivity contribution < 1.29 is 9.47 Å². The van der Waals surface area contributed by atoms with Gasteiger partial charge in [0.05, 0.1) is 25.9 Å². The van der Waals surface area contributed by atoms with Gasteiger partial charge in [-0.15, -0.1) is 0 Å². The molecule has 2 N–H and O–H groups in total. The van der Waals surface area contributed by atoms with Crippen molar-refractivity contribution in [3.05, 3.63) is 11.6 Å². The zero-order valence-corrected chi connectivity index (χ0v) is 22.2. The molecule has 0 saturated heterocycles. The van der Waals surface area contributed by atoms with Crippen molar-refractivity contribution >= 4 is 0 Å². The highest BCUT2D eigenvalue weighted by Crippen LogP contribution is 2.66. The Labute approximate surface area is 204 Å². The lowest BCUT2D eigenvalue weighted by Gasteiger charge is -2.58. The third-order valence-corrected chi connectivity index (χ3v) is 10.7. The Bertz CT molecular complexity index is 660. The Morgan fingerprint density at radius 1 is 1.00 bits per heavy atom. The maximum Gasteiger partial charge on any atom is 0.0704 e. The Hall–Kier alpha value is -0.380. The second-order valence-electron chi connectivity index (χ2n) is 12.9. The number of fused-ring (bicyclic) bond motifs is 5. The fraction of sp³-hybridized carbons (Fsp3) is 0.933. The van der Waals surface area contributed by atoms with E-state index in [9.17, 15) is 0 Å². The van der Waals surface area contributed by atoms with Gasteiger partial charge in [-0.1, -0.05) is 58.6 Å². The van der Waals surface area contributed by atoms with E-state index in [-0.39, 0.29) is 0 Å². The maximum absolute atomic E-state index is 6.21. The lowest BCUT2D eigenvalue weighted by atomic mass is 9.47. The van der Waals surface area contributed by atoms with Gasteiger partial charge in [-0.05, 0) is 98.2 Å². The van der Waals surface area contributed by atoms with Crippen LogP contribution in [-0.4, -0.2) is 32.5 Å². The first kappa shape index (κ1) is 25.7. The zero-order valence-electron chi connectivity index (χ0n) is 22.2. The van der Waals surface area contributed by atoms with Crippen molar-refractivity contribution in [2.24, 2.45) is 46.2 Å². The minimum Gasteiger partial charge on any atom is -0.378 e. The smallest absolute Gasteiger partial charge is 0.0704 e. The predicted molar refractivity (Wildman–Crippen MR) is 138 cm³/mol. The van der Waals surface area contributed by atoms with E-state index in [0.717, 1.165) is 36.0 Å². The van der Waals surface area contributed by atoms with Gasteiger partial charge < -0.3 is 15.2 Å². The third kappa shape index (κ3) is 5.41. The standard InChI is InChI=1S/C30H53NO2/c1-22(2)7-5-6-8-23-10-12-27-26-11-9-24-21-25(33-20-19-32-18-17-31)13-15-30(24,4)28(26)14-16-29(23,27)3/h9,22-23,25-28H,5-8,10-21,31H2,1-4H3/t23-,25-,26-,27?,28?,29+,30-/m0/s1. The minimum atomic E-state index is 0.387. The van der Waals surface area contributed by atoms with Crippen LogP contribution in [-0.2, 0) is 9.47 Å². The molecule has 0 aliphatic heterocycles. The molecular formula is C30H53NO2. The molecule has 0 bridgehead atoms. The molecule has 3 fully saturated rings. The second-order valence-corrected chi connectivity index (χ2v) is 12.9. The molecule has 2 unspecified atom stereocenters. The molecule has 0 amide bonds. The quantitative estimate of drug-likeness (QED) is 0.264. The van der Waals surface area contributed by atoms with Crippen LogP contribution >= 0.6 is 0 Å². The van der Waals surface area contributed by atoms with E-state index in [1.165, 1.54) is 70.6 Å². The number of hydrogen-bond donors (Lipinski definition) is 1. The minimum absolute atomic E-state index is 0.387. The SMILES string of the molecule is CC(C)CCCC[C@H]1CCC2[C@@H]3CC=C4C[C@@H](OCCOCCN)CC[C@]4(C)C3CC[C@@]21C. The molecule has 0 heterocycles. The molecule has 0 radical (unpaired) electrons. The van der Waals surface area contributed by atoms with E-state index in [2.05, 4.69) is 33.8 Å². The second kappa shape index (κ2) is 11.1. The van der Waals surface area contributed by atoms with Gasteiger partial charge in [0.2, 0.25) is 0 Å². The van der Waals surface area contributed by atoms with Crippen LogP contribution in [0.5, 0.6) is 0 Å². The average molecular weight is 460 g/mol. The Morgan fingerprint density at radius 3 is 2.64 bits per heavy atom. The van der Waals surface area contributed by atoms with Crippen molar-refractivity contribution in [1.29, 1.82) is 0 Å². The summed E-state index contributed by atoms with van der Waals surface area (Å²) in [5.74, 6) is 4.65. The number of hydrogen-bond acceptors (Lipinski definition) is 3. The van der Waals surface area contributed by atoms with Crippen molar-refractivity contribution in [1.82, 2.24) is 0 Å². The van der Waals surface area contributed by atoms with Gasteiger partial charge in [-0.2, -0.15) is 0 Å². The third-order valence-electron chi connectivity index (χ3n) is 10.7. The molecule has 33 heavy (non-hydrogen) atoms. The fourth-order valence-corrected chi connectivity index (χ4v) is 8.76. The fourth-order valence-electron chi connectivity index (χ4n) is 8.76. The molecule has 3 heteroatoms. The topological polar surface area (TPSA) is 44.5 Å². The molecule has 0 spiro atoms.